The molecule has 10 heteroatoms. The topological polar surface area (TPSA) is 131 Å². The first-order chi connectivity index (χ1) is 19.7. The Balaban J connectivity index is 1.38. The number of nitrogens with zero attached hydrogens (tertiary/aromatic N) is 2. The summed E-state index contributed by atoms with van der Waals surface area (Å²) >= 11 is 5.91. The van der Waals surface area contributed by atoms with Crippen LogP contribution in [0.3, 0.4) is 0 Å². The molecule has 0 aromatic heterocycles. The lowest BCUT2D eigenvalue weighted by Crippen LogP contribution is -2.45. The largest absolute Gasteiger partial charge is 0.391 e. The second kappa shape index (κ2) is 11.9. The van der Waals surface area contributed by atoms with E-state index in [1.807, 2.05) is 6.07 Å². The van der Waals surface area contributed by atoms with Gasteiger partial charge in [-0.3, -0.25) is 4.79 Å². The van der Waals surface area contributed by atoms with Gasteiger partial charge < -0.3 is 26.4 Å². The zero-order chi connectivity index (χ0) is 29.1. The van der Waals surface area contributed by atoms with E-state index in [4.69, 9.17) is 17.3 Å². The maximum Gasteiger partial charge on any atom is 0.322 e. The van der Waals surface area contributed by atoms with Crippen molar-refractivity contribution < 1.29 is 19.1 Å². The number of hydrogen-bond acceptors (Lipinski definition) is 5. The summed E-state index contributed by atoms with van der Waals surface area (Å²) in [5.41, 5.74) is 8.20. The molecule has 5 N–H and O–H groups in total. The lowest BCUT2D eigenvalue weighted by Gasteiger charge is -2.32. The molecule has 2 fully saturated rings. The first-order valence-corrected chi connectivity index (χ1v) is 14.0. The minimum atomic E-state index is -1.02. The molecule has 3 aromatic carbocycles. The third-order valence-electron chi connectivity index (χ3n) is 7.83. The zero-order valence-corrected chi connectivity index (χ0v) is 23.1. The van der Waals surface area contributed by atoms with Crippen LogP contribution in [-0.2, 0) is 10.3 Å². The number of β-amino-alcohol motifs (C(OH)–C–C–N with tert-alkyl or cyclic N) is 1. The minimum Gasteiger partial charge on any atom is -0.391 e. The average molecular weight is 576 g/mol. The molecule has 1 unspecified atom stereocenters. The van der Waals surface area contributed by atoms with Gasteiger partial charge in [0.05, 0.1) is 29.0 Å². The maximum absolute atomic E-state index is 15.1. The molecule has 1 heterocycles. The van der Waals surface area contributed by atoms with E-state index in [0.717, 1.165) is 24.8 Å². The number of carbonyl (C=O) groups is 2. The van der Waals surface area contributed by atoms with Gasteiger partial charge in [-0.1, -0.05) is 42.6 Å². The third-order valence-corrected chi connectivity index (χ3v) is 8.08. The van der Waals surface area contributed by atoms with E-state index in [2.05, 4.69) is 16.7 Å². The number of nitrogens with two attached hydrogens (primary N) is 1. The van der Waals surface area contributed by atoms with E-state index in [9.17, 15) is 20.0 Å². The number of carbonyl (C=O) groups excluding carboxylic acids is 2. The fraction of sp³-hybridized carbons (Fsp3) is 0.323. The molecule has 3 atom stereocenters. The van der Waals surface area contributed by atoms with Gasteiger partial charge in [0.1, 0.15) is 11.9 Å². The second-order valence-electron chi connectivity index (χ2n) is 10.8. The van der Waals surface area contributed by atoms with Gasteiger partial charge in [-0.15, -0.1) is 0 Å². The predicted octanol–water partition coefficient (Wildman–Crippen LogP) is 5.35. The zero-order valence-electron chi connectivity index (χ0n) is 22.3. The predicted molar refractivity (Wildman–Crippen MR) is 155 cm³/mol. The molecular weight excluding hydrogens is 545 g/mol. The Kier molecular flexibility index (Phi) is 8.27. The Hall–Kier alpha value is -3.97. The van der Waals surface area contributed by atoms with Gasteiger partial charge in [0.15, 0.2) is 0 Å². The normalized spacial score (nSPS) is 19.7. The highest BCUT2D eigenvalue weighted by molar-refractivity contribution is 6.30. The molecule has 1 aliphatic heterocycles. The van der Waals surface area contributed by atoms with Crippen LogP contribution in [0.15, 0.2) is 66.7 Å². The summed E-state index contributed by atoms with van der Waals surface area (Å²) in [6.07, 6.45) is 2.85. The van der Waals surface area contributed by atoms with Gasteiger partial charge in [-0.2, -0.15) is 5.26 Å². The lowest BCUT2D eigenvalue weighted by atomic mass is 9.79. The molecule has 41 heavy (non-hydrogen) atoms. The van der Waals surface area contributed by atoms with Crippen molar-refractivity contribution in [3.63, 3.8) is 0 Å². The number of nitriles is 1. The van der Waals surface area contributed by atoms with Crippen molar-refractivity contribution in [1.82, 2.24) is 4.90 Å². The quantitative estimate of drug-likeness (QED) is 0.287. The van der Waals surface area contributed by atoms with Gasteiger partial charge >= 0.3 is 6.03 Å². The van der Waals surface area contributed by atoms with Gasteiger partial charge in [-0.05, 0) is 78.4 Å². The number of hydrogen-bond donors (Lipinski definition) is 4. The van der Waals surface area contributed by atoms with E-state index >= 15 is 4.39 Å². The highest BCUT2D eigenvalue weighted by atomic mass is 35.5. The number of aliphatic hydroxyl groups excluding tert-OH is 1. The van der Waals surface area contributed by atoms with Crippen LogP contribution >= 0.6 is 11.6 Å². The number of nitrogens with one attached hydrogen (secondary N) is 2. The van der Waals surface area contributed by atoms with E-state index in [1.54, 1.807) is 48.5 Å². The number of rotatable bonds is 8. The number of anilines is 2. The number of halogens is 2. The summed E-state index contributed by atoms with van der Waals surface area (Å²) in [7, 11) is 0. The Morgan fingerprint density at radius 1 is 1.10 bits per heavy atom. The van der Waals surface area contributed by atoms with Gasteiger partial charge in [0, 0.05) is 23.7 Å². The summed E-state index contributed by atoms with van der Waals surface area (Å²) in [4.78, 5) is 27.6. The van der Waals surface area contributed by atoms with Crippen molar-refractivity contribution >= 4 is 34.9 Å². The minimum absolute atomic E-state index is 0.00431. The van der Waals surface area contributed by atoms with Crippen LogP contribution in [0, 0.1) is 23.1 Å². The standard InChI is InChI=1S/C31H31ClFN5O3/c32-23-7-9-24(10-8-23)36-30(41)38-18-25(39)16-28(38)29(40)37-27-15-22(6-11-26(27)33)31(35,13-12-19-4-5-19)21-3-1-2-20(14-21)17-34/h1-3,6-11,14-15,19,25,28,39H,4-5,12-13,16,18,35H2,(H,36,41)(H,37,40)/t25-,28-,31?/m0/s1. The number of urea groups is 1. The van der Waals surface area contributed by atoms with E-state index in [-0.39, 0.29) is 18.7 Å². The number of aliphatic hydroxyl groups is 1. The fourth-order valence-electron chi connectivity index (χ4n) is 5.29. The van der Waals surface area contributed by atoms with Crippen LogP contribution in [0.1, 0.15) is 48.8 Å². The van der Waals surface area contributed by atoms with Crippen molar-refractivity contribution in [2.24, 2.45) is 11.7 Å². The highest BCUT2D eigenvalue weighted by Crippen LogP contribution is 2.40. The molecule has 2 aliphatic rings. The molecule has 212 valence electrons. The van der Waals surface area contributed by atoms with Crippen molar-refractivity contribution in [2.75, 3.05) is 17.2 Å². The van der Waals surface area contributed by atoms with Gasteiger partial charge in [0.25, 0.3) is 0 Å². The van der Waals surface area contributed by atoms with Crippen LogP contribution < -0.4 is 16.4 Å². The Morgan fingerprint density at radius 2 is 1.83 bits per heavy atom. The fourth-order valence-corrected chi connectivity index (χ4v) is 5.42. The lowest BCUT2D eigenvalue weighted by molar-refractivity contribution is -0.119. The summed E-state index contributed by atoms with van der Waals surface area (Å²) in [5, 5.41) is 25.6. The average Bonchev–Trinajstić information content (AvgIpc) is 3.72. The Labute approximate surface area is 242 Å². The molecule has 1 aliphatic carbocycles. The van der Waals surface area contributed by atoms with Crippen molar-refractivity contribution in [1.29, 1.82) is 5.26 Å². The molecule has 3 aromatic rings. The molecule has 0 bridgehead atoms. The molecule has 5 rings (SSSR count). The summed E-state index contributed by atoms with van der Waals surface area (Å²) in [6.45, 7) is -0.0532. The molecule has 1 saturated carbocycles. The molecule has 8 nitrogen and oxygen atoms in total. The van der Waals surface area contributed by atoms with Gasteiger partial charge in [-0.25, -0.2) is 9.18 Å². The summed E-state index contributed by atoms with van der Waals surface area (Å²) in [6, 6.07) is 18.5. The van der Waals surface area contributed by atoms with Crippen LogP contribution in [0.25, 0.3) is 0 Å². The summed E-state index contributed by atoms with van der Waals surface area (Å²) in [5.74, 6) is -0.695. The molecule has 0 spiro atoms. The number of benzene rings is 3. The summed E-state index contributed by atoms with van der Waals surface area (Å²) < 4.78 is 15.1. The van der Waals surface area contributed by atoms with Crippen LogP contribution in [0.2, 0.25) is 5.02 Å². The monoisotopic (exact) mass is 575 g/mol. The SMILES string of the molecule is N#Cc1cccc(C(N)(CCC2CC2)c2ccc(F)c(NC(=O)[C@@H]3C[C@H](O)CN3C(=O)Nc3ccc(Cl)cc3)c2)c1. The van der Waals surface area contributed by atoms with Crippen LogP contribution in [-0.4, -0.2) is 40.6 Å². The Bertz CT molecular complexity index is 1490. The number of likely N-dealkylation sites (tertiary alicyclic amines) is 1. The van der Waals surface area contributed by atoms with Crippen molar-refractivity contribution in [3.8, 4) is 6.07 Å². The van der Waals surface area contributed by atoms with Crippen molar-refractivity contribution in [3.05, 3.63) is 94.3 Å². The maximum atomic E-state index is 15.1. The van der Waals surface area contributed by atoms with Gasteiger partial charge in [0.2, 0.25) is 5.91 Å². The van der Waals surface area contributed by atoms with Crippen molar-refractivity contribution in [2.45, 2.75) is 49.8 Å². The Morgan fingerprint density at radius 3 is 2.54 bits per heavy atom. The first-order valence-electron chi connectivity index (χ1n) is 13.6. The molecular formula is C31H31ClFN5O3. The third kappa shape index (κ3) is 6.51. The smallest absolute Gasteiger partial charge is 0.322 e. The van der Waals surface area contributed by atoms with E-state index < -0.39 is 35.4 Å². The van der Waals surface area contributed by atoms with Crippen LogP contribution in [0.4, 0.5) is 20.6 Å². The molecule has 3 amide bonds. The molecule has 0 radical (unpaired) electrons. The van der Waals surface area contributed by atoms with E-state index in [1.165, 1.54) is 17.0 Å². The first kappa shape index (κ1) is 28.6. The highest BCUT2D eigenvalue weighted by Gasteiger charge is 2.40. The second-order valence-corrected chi connectivity index (χ2v) is 11.3. The number of amides is 3. The van der Waals surface area contributed by atoms with E-state index in [0.29, 0.717) is 34.2 Å². The van der Waals surface area contributed by atoms with Crippen LogP contribution in [0.5, 0.6) is 0 Å². The molecule has 1 saturated heterocycles.